The smallest absolute Gasteiger partial charge is 0.254 e. The minimum atomic E-state index is 0.0341. The molecule has 0 radical (unpaired) electrons. The number of nitrogens with zero attached hydrogens (tertiary/aromatic N) is 3. The molecule has 0 aliphatic rings. The predicted octanol–water partition coefficient (Wildman–Crippen LogP) is 2.31. The van der Waals surface area contributed by atoms with Crippen molar-refractivity contribution >= 4 is 5.91 Å². The molecule has 0 N–H and O–H groups in total. The first-order valence-corrected chi connectivity index (χ1v) is 6.28. The molecule has 4 nitrogen and oxygen atoms in total. The molecule has 0 spiro atoms. The first-order valence-electron chi connectivity index (χ1n) is 6.28. The third-order valence-electron chi connectivity index (χ3n) is 3.14. The van der Waals surface area contributed by atoms with Gasteiger partial charge in [-0.3, -0.25) is 9.48 Å². The summed E-state index contributed by atoms with van der Waals surface area (Å²) in [6.45, 7) is 4.48. The Labute approximate surface area is 113 Å². The molecule has 1 heterocycles. The molecule has 19 heavy (non-hydrogen) atoms. The quantitative estimate of drug-likeness (QED) is 0.846. The minimum Gasteiger partial charge on any atom is -0.336 e. The molecule has 0 aliphatic carbocycles. The lowest BCUT2D eigenvalue weighted by atomic mass is 10.0. The van der Waals surface area contributed by atoms with Crippen molar-refractivity contribution in [1.29, 1.82) is 0 Å². The van der Waals surface area contributed by atoms with Gasteiger partial charge in [-0.25, -0.2) is 0 Å². The molecular formula is C15H19N3O. The van der Waals surface area contributed by atoms with E-state index in [1.807, 2.05) is 51.4 Å². The van der Waals surface area contributed by atoms with Crippen molar-refractivity contribution in [2.24, 2.45) is 7.05 Å². The molecule has 1 aromatic carbocycles. The Morgan fingerprint density at radius 1 is 1.32 bits per heavy atom. The second kappa shape index (κ2) is 5.26. The van der Waals surface area contributed by atoms with Gasteiger partial charge in [0.1, 0.15) is 0 Å². The molecule has 2 rings (SSSR count). The maximum absolute atomic E-state index is 12.4. The second-order valence-corrected chi connectivity index (χ2v) is 4.96. The van der Waals surface area contributed by atoms with Crippen molar-refractivity contribution in [2.75, 3.05) is 7.05 Å². The van der Waals surface area contributed by atoms with E-state index in [0.717, 1.165) is 22.4 Å². The topological polar surface area (TPSA) is 38.1 Å². The Bertz CT molecular complexity index is 601. The van der Waals surface area contributed by atoms with Crippen LogP contribution in [0.3, 0.4) is 0 Å². The van der Waals surface area contributed by atoms with E-state index in [1.54, 1.807) is 16.6 Å². The standard InChI is InChI=1S/C15H19N3O/c1-11-5-6-12(2)14(9-11)15(19)17(3)10-13-7-8-18(4)16-13/h5-9H,10H2,1-4H3. The Morgan fingerprint density at radius 2 is 2.05 bits per heavy atom. The van der Waals surface area contributed by atoms with Gasteiger partial charge in [0.2, 0.25) is 0 Å². The number of aryl methyl sites for hydroxylation is 3. The summed E-state index contributed by atoms with van der Waals surface area (Å²) in [4.78, 5) is 14.1. The Balaban J connectivity index is 2.16. The molecule has 0 unspecified atom stereocenters. The summed E-state index contributed by atoms with van der Waals surface area (Å²) in [5.74, 6) is 0.0341. The molecule has 4 heteroatoms. The fourth-order valence-electron chi connectivity index (χ4n) is 2.03. The molecule has 0 bridgehead atoms. The average molecular weight is 257 g/mol. The molecule has 100 valence electrons. The van der Waals surface area contributed by atoms with Crippen LogP contribution in [0.4, 0.5) is 0 Å². The van der Waals surface area contributed by atoms with E-state index >= 15 is 0 Å². The molecule has 1 amide bonds. The van der Waals surface area contributed by atoms with Crippen LogP contribution in [0.2, 0.25) is 0 Å². The number of carbonyl (C=O) groups is 1. The third kappa shape index (κ3) is 3.02. The number of hydrogen-bond acceptors (Lipinski definition) is 2. The van der Waals surface area contributed by atoms with E-state index in [0.29, 0.717) is 6.54 Å². The van der Waals surface area contributed by atoms with Gasteiger partial charge in [-0.1, -0.05) is 17.7 Å². The van der Waals surface area contributed by atoms with Crippen molar-refractivity contribution in [3.05, 3.63) is 52.8 Å². The number of carbonyl (C=O) groups excluding carboxylic acids is 1. The number of aromatic nitrogens is 2. The van der Waals surface area contributed by atoms with Crippen LogP contribution in [0.15, 0.2) is 30.5 Å². The van der Waals surface area contributed by atoms with E-state index in [-0.39, 0.29) is 5.91 Å². The van der Waals surface area contributed by atoms with Crippen LogP contribution < -0.4 is 0 Å². The summed E-state index contributed by atoms with van der Waals surface area (Å²) in [5.41, 5.74) is 3.76. The van der Waals surface area contributed by atoms with Gasteiger partial charge in [-0.2, -0.15) is 5.10 Å². The maximum atomic E-state index is 12.4. The number of amides is 1. The van der Waals surface area contributed by atoms with Crippen molar-refractivity contribution < 1.29 is 4.79 Å². The first kappa shape index (κ1) is 13.3. The Morgan fingerprint density at radius 3 is 2.68 bits per heavy atom. The van der Waals surface area contributed by atoms with Crippen molar-refractivity contribution in [1.82, 2.24) is 14.7 Å². The zero-order valence-electron chi connectivity index (χ0n) is 11.8. The van der Waals surface area contributed by atoms with Gasteiger partial charge in [-0.05, 0) is 31.5 Å². The fourth-order valence-corrected chi connectivity index (χ4v) is 2.03. The summed E-state index contributed by atoms with van der Waals surface area (Å²) in [6.07, 6.45) is 1.88. The van der Waals surface area contributed by atoms with Crippen LogP contribution in [0.25, 0.3) is 0 Å². The van der Waals surface area contributed by atoms with Gasteiger partial charge in [0.25, 0.3) is 5.91 Å². The van der Waals surface area contributed by atoms with Gasteiger partial charge >= 0.3 is 0 Å². The second-order valence-electron chi connectivity index (χ2n) is 4.96. The maximum Gasteiger partial charge on any atom is 0.254 e. The molecule has 1 aromatic heterocycles. The molecule has 2 aromatic rings. The highest BCUT2D eigenvalue weighted by atomic mass is 16.2. The van der Waals surface area contributed by atoms with Crippen LogP contribution >= 0.6 is 0 Å². The lowest BCUT2D eigenvalue weighted by Gasteiger charge is -2.17. The molecule has 0 atom stereocenters. The van der Waals surface area contributed by atoms with E-state index in [9.17, 15) is 4.79 Å². The van der Waals surface area contributed by atoms with Crippen molar-refractivity contribution in [2.45, 2.75) is 20.4 Å². The first-order chi connectivity index (χ1) is 8.97. The van der Waals surface area contributed by atoms with Gasteiger partial charge in [-0.15, -0.1) is 0 Å². The molecular weight excluding hydrogens is 238 g/mol. The van der Waals surface area contributed by atoms with Crippen LogP contribution in [-0.4, -0.2) is 27.6 Å². The van der Waals surface area contributed by atoms with E-state index in [2.05, 4.69) is 5.10 Å². The zero-order chi connectivity index (χ0) is 14.0. The molecule has 0 aliphatic heterocycles. The van der Waals surface area contributed by atoms with Gasteiger partial charge in [0.05, 0.1) is 12.2 Å². The SMILES string of the molecule is Cc1ccc(C)c(C(=O)N(C)Cc2ccn(C)n2)c1. The third-order valence-corrected chi connectivity index (χ3v) is 3.14. The zero-order valence-corrected chi connectivity index (χ0v) is 11.8. The number of hydrogen-bond donors (Lipinski definition) is 0. The molecule has 0 saturated heterocycles. The van der Waals surface area contributed by atoms with Crippen LogP contribution in [0.1, 0.15) is 27.2 Å². The summed E-state index contributed by atoms with van der Waals surface area (Å²) in [7, 11) is 3.68. The number of benzene rings is 1. The Hall–Kier alpha value is -2.10. The summed E-state index contributed by atoms with van der Waals surface area (Å²) in [5, 5.41) is 4.29. The molecule has 0 fully saturated rings. The highest BCUT2D eigenvalue weighted by molar-refractivity contribution is 5.95. The highest BCUT2D eigenvalue weighted by Crippen LogP contribution is 2.14. The summed E-state index contributed by atoms with van der Waals surface area (Å²) < 4.78 is 1.74. The van der Waals surface area contributed by atoms with Crippen molar-refractivity contribution in [3.63, 3.8) is 0 Å². The monoisotopic (exact) mass is 257 g/mol. The normalized spacial score (nSPS) is 10.5. The van der Waals surface area contributed by atoms with Gasteiger partial charge in [0, 0.05) is 25.9 Å². The lowest BCUT2D eigenvalue weighted by molar-refractivity contribution is 0.0782. The Kier molecular flexibility index (Phi) is 3.69. The average Bonchev–Trinajstić information content (AvgIpc) is 2.77. The van der Waals surface area contributed by atoms with Crippen LogP contribution in [0, 0.1) is 13.8 Å². The van der Waals surface area contributed by atoms with Crippen LogP contribution in [-0.2, 0) is 13.6 Å². The minimum absolute atomic E-state index is 0.0341. The fraction of sp³-hybridized carbons (Fsp3) is 0.333. The summed E-state index contributed by atoms with van der Waals surface area (Å²) in [6, 6.07) is 7.86. The van der Waals surface area contributed by atoms with Gasteiger partial charge < -0.3 is 4.90 Å². The highest BCUT2D eigenvalue weighted by Gasteiger charge is 2.15. The van der Waals surface area contributed by atoms with E-state index in [1.165, 1.54) is 0 Å². The van der Waals surface area contributed by atoms with E-state index < -0.39 is 0 Å². The molecule has 0 saturated carbocycles. The van der Waals surface area contributed by atoms with Gasteiger partial charge in [0.15, 0.2) is 0 Å². The van der Waals surface area contributed by atoms with Crippen molar-refractivity contribution in [3.8, 4) is 0 Å². The largest absolute Gasteiger partial charge is 0.336 e. The summed E-state index contributed by atoms with van der Waals surface area (Å²) >= 11 is 0. The van der Waals surface area contributed by atoms with E-state index in [4.69, 9.17) is 0 Å². The lowest BCUT2D eigenvalue weighted by Crippen LogP contribution is -2.27. The van der Waals surface area contributed by atoms with Crippen LogP contribution in [0.5, 0.6) is 0 Å². The predicted molar refractivity (Wildman–Crippen MR) is 74.9 cm³/mol. The number of rotatable bonds is 3.